The van der Waals surface area contributed by atoms with Crippen molar-refractivity contribution in [3.63, 3.8) is 0 Å². The zero-order valence-electron chi connectivity index (χ0n) is 3.39. The van der Waals surface area contributed by atoms with Gasteiger partial charge in [-0.05, 0) is 0 Å². The molecule has 7 heavy (non-hydrogen) atoms. The van der Waals surface area contributed by atoms with E-state index in [2.05, 4.69) is 4.42 Å². The predicted octanol–water partition coefficient (Wildman–Crippen LogP) is 1.64. The maximum absolute atomic E-state index is 8.53. The molecule has 0 fully saturated rings. The van der Waals surface area contributed by atoms with Crippen LogP contribution in [0.1, 0.15) is 0 Å². The molecule has 0 amide bonds. The summed E-state index contributed by atoms with van der Waals surface area (Å²) in [6, 6.07) is 0. The van der Waals surface area contributed by atoms with Crippen molar-refractivity contribution in [1.29, 1.82) is 0 Å². The molecule has 0 unspecified atom stereocenters. The topological polar surface area (TPSA) is 33.4 Å². The van der Waals surface area contributed by atoms with E-state index in [9.17, 15) is 0 Å². The van der Waals surface area contributed by atoms with Crippen LogP contribution in [0.5, 0.6) is 5.75 Å². The van der Waals surface area contributed by atoms with Crippen molar-refractivity contribution in [2.24, 2.45) is 0 Å². The highest BCUT2D eigenvalue weighted by atomic mass is 35.5. The van der Waals surface area contributed by atoms with Crippen LogP contribution in [0.3, 0.4) is 0 Å². The molecular formula is C4H3ClO2. The van der Waals surface area contributed by atoms with Crippen LogP contribution in [0.25, 0.3) is 0 Å². The zero-order chi connectivity index (χ0) is 5.28. The quantitative estimate of drug-likeness (QED) is 0.562. The minimum absolute atomic E-state index is 0.0123. The lowest BCUT2D eigenvalue weighted by atomic mass is 10.6. The molecule has 1 aromatic heterocycles. The Morgan fingerprint density at radius 2 is 2.29 bits per heavy atom. The van der Waals surface area contributed by atoms with E-state index in [0.717, 1.165) is 0 Å². The average molecular weight is 119 g/mol. The number of aromatic hydroxyl groups is 1. The molecule has 0 saturated carbocycles. The summed E-state index contributed by atoms with van der Waals surface area (Å²) < 4.78 is 4.46. The Hall–Kier alpha value is -0.630. The third-order valence-electron chi connectivity index (χ3n) is 0.596. The van der Waals surface area contributed by atoms with Crippen molar-refractivity contribution >= 4 is 11.6 Å². The van der Waals surface area contributed by atoms with E-state index in [0.29, 0.717) is 0 Å². The summed E-state index contributed by atoms with van der Waals surface area (Å²) >= 11 is 5.28. The van der Waals surface area contributed by atoms with Crippen molar-refractivity contribution in [2.75, 3.05) is 0 Å². The van der Waals surface area contributed by atoms with Gasteiger partial charge >= 0.3 is 0 Å². The molecule has 1 rings (SSSR count). The van der Waals surface area contributed by atoms with E-state index >= 15 is 0 Å². The smallest absolute Gasteiger partial charge is 0.172 e. The van der Waals surface area contributed by atoms with Crippen LogP contribution in [-0.4, -0.2) is 5.11 Å². The van der Waals surface area contributed by atoms with Crippen molar-refractivity contribution in [2.45, 2.75) is 0 Å². The first-order valence-corrected chi connectivity index (χ1v) is 2.09. The third kappa shape index (κ3) is 0.695. The summed E-state index contributed by atoms with van der Waals surface area (Å²) in [4.78, 5) is 0. The lowest BCUT2D eigenvalue weighted by Crippen LogP contribution is -1.48. The Labute approximate surface area is 45.3 Å². The second-order valence-electron chi connectivity index (χ2n) is 1.10. The van der Waals surface area contributed by atoms with Gasteiger partial charge in [-0.2, -0.15) is 0 Å². The molecule has 0 spiro atoms. The van der Waals surface area contributed by atoms with Gasteiger partial charge in [0.2, 0.25) is 0 Å². The summed E-state index contributed by atoms with van der Waals surface area (Å²) in [6.07, 6.45) is 2.43. The highest BCUT2D eigenvalue weighted by Crippen LogP contribution is 2.22. The van der Waals surface area contributed by atoms with Crippen molar-refractivity contribution in [1.82, 2.24) is 0 Å². The Morgan fingerprint density at radius 3 is 2.43 bits per heavy atom. The van der Waals surface area contributed by atoms with E-state index < -0.39 is 0 Å². The van der Waals surface area contributed by atoms with Gasteiger partial charge in [-0.3, -0.25) is 0 Å². The number of hydrogen-bond donors (Lipinski definition) is 1. The Morgan fingerprint density at radius 1 is 1.57 bits per heavy atom. The molecule has 1 heterocycles. The van der Waals surface area contributed by atoms with Gasteiger partial charge in [0.05, 0.1) is 0 Å². The van der Waals surface area contributed by atoms with E-state index in [-0.39, 0.29) is 10.8 Å². The highest BCUT2D eigenvalue weighted by molar-refractivity contribution is 6.31. The molecule has 0 radical (unpaired) electrons. The van der Waals surface area contributed by atoms with Crippen LogP contribution in [-0.2, 0) is 0 Å². The van der Waals surface area contributed by atoms with E-state index in [1.54, 1.807) is 0 Å². The van der Waals surface area contributed by atoms with Crippen LogP contribution in [0.2, 0.25) is 5.02 Å². The van der Waals surface area contributed by atoms with Crippen LogP contribution in [0.15, 0.2) is 16.9 Å². The second-order valence-corrected chi connectivity index (χ2v) is 1.51. The fraction of sp³-hybridized carbons (Fsp3) is 0. The Balaban J connectivity index is 3.12. The summed E-state index contributed by atoms with van der Waals surface area (Å²) in [5.74, 6) is -0.0123. The third-order valence-corrected chi connectivity index (χ3v) is 0.879. The summed E-state index contributed by atoms with van der Waals surface area (Å²) in [6.45, 7) is 0. The number of furan rings is 1. The molecule has 0 atom stereocenters. The van der Waals surface area contributed by atoms with Gasteiger partial charge in [0.25, 0.3) is 0 Å². The lowest BCUT2D eigenvalue weighted by molar-refractivity contribution is 0.458. The summed E-state index contributed by atoms with van der Waals surface area (Å²) in [7, 11) is 0. The fourth-order valence-electron chi connectivity index (χ4n) is 0.275. The van der Waals surface area contributed by atoms with Gasteiger partial charge in [0.15, 0.2) is 5.75 Å². The summed E-state index contributed by atoms with van der Waals surface area (Å²) in [5, 5.41) is 8.78. The van der Waals surface area contributed by atoms with Gasteiger partial charge < -0.3 is 9.52 Å². The van der Waals surface area contributed by atoms with Crippen LogP contribution < -0.4 is 0 Å². The minimum atomic E-state index is -0.0123. The number of rotatable bonds is 0. The first kappa shape index (κ1) is 4.53. The molecule has 0 aliphatic heterocycles. The Bertz CT molecular complexity index is 142. The second kappa shape index (κ2) is 1.46. The number of halogens is 1. The maximum Gasteiger partial charge on any atom is 0.172 e. The monoisotopic (exact) mass is 118 g/mol. The molecule has 1 N–H and O–H groups in total. The molecule has 2 nitrogen and oxygen atoms in total. The first-order valence-electron chi connectivity index (χ1n) is 1.71. The normalized spacial score (nSPS) is 9.29. The van der Waals surface area contributed by atoms with Crippen molar-refractivity contribution < 1.29 is 9.52 Å². The van der Waals surface area contributed by atoms with Gasteiger partial charge in [0, 0.05) is 0 Å². The first-order chi connectivity index (χ1) is 3.30. The van der Waals surface area contributed by atoms with Gasteiger partial charge in [-0.1, -0.05) is 11.6 Å². The molecule has 0 bridgehead atoms. The largest absolute Gasteiger partial charge is 0.504 e. The Kier molecular flexibility index (Phi) is 0.947. The maximum atomic E-state index is 8.53. The van der Waals surface area contributed by atoms with E-state index in [4.69, 9.17) is 16.7 Å². The standard InChI is InChI=1S/C4H3ClO2/c5-3-1-7-2-4(3)6/h1-2,6H. The SMILES string of the molecule is Oc1cocc1Cl. The number of hydrogen-bond acceptors (Lipinski definition) is 2. The molecule has 0 aromatic carbocycles. The molecule has 0 aliphatic rings. The van der Waals surface area contributed by atoms with E-state index in [1.807, 2.05) is 0 Å². The van der Waals surface area contributed by atoms with Crippen molar-refractivity contribution in [3.8, 4) is 5.75 Å². The van der Waals surface area contributed by atoms with Crippen molar-refractivity contribution in [3.05, 3.63) is 17.5 Å². The predicted molar refractivity (Wildman–Crippen MR) is 25.4 cm³/mol. The van der Waals surface area contributed by atoms with Crippen LogP contribution >= 0.6 is 11.6 Å². The van der Waals surface area contributed by atoms with Gasteiger partial charge in [0.1, 0.15) is 17.5 Å². The lowest BCUT2D eigenvalue weighted by Gasteiger charge is -1.74. The zero-order valence-corrected chi connectivity index (χ0v) is 4.14. The minimum Gasteiger partial charge on any atom is -0.504 e. The highest BCUT2D eigenvalue weighted by Gasteiger charge is 1.95. The molecule has 0 saturated heterocycles. The fourth-order valence-corrected chi connectivity index (χ4v) is 0.371. The molecular weight excluding hydrogens is 115 g/mol. The van der Waals surface area contributed by atoms with Gasteiger partial charge in [-0.15, -0.1) is 0 Å². The molecule has 3 heteroatoms. The van der Waals surface area contributed by atoms with Crippen LogP contribution in [0, 0.1) is 0 Å². The molecule has 38 valence electrons. The average Bonchev–Trinajstić information content (AvgIpc) is 1.91. The van der Waals surface area contributed by atoms with Crippen LogP contribution in [0.4, 0.5) is 0 Å². The molecule has 1 aromatic rings. The van der Waals surface area contributed by atoms with Gasteiger partial charge in [-0.25, -0.2) is 0 Å². The summed E-state index contributed by atoms with van der Waals surface area (Å²) in [5.41, 5.74) is 0. The molecule has 0 aliphatic carbocycles. The van der Waals surface area contributed by atoms with E-state index in [1.165, 1.54) is 12.5 Å².